The van der Waals surface area contributed by atoms with Crippen LogP contribution in [0.3, 0.4) is 0 Å². The van der Waals surface area contributed by atoms with E-state index < -0.39 is 10.0 Å². The van der Waals surface area contributed by atoms with E-state index in [9.17, 15) is 8.42 Å². The number of benzene rings is 1. The van der Waals surface area contributed by atoms with Gasteiger partial charge in [0.25, 0.3) is 0 Å². The van der Waals surface area contributed by atoms with Crippen LogP contribution in [0, 0.1) is 13.8 Å². The van der Waals surface area contributed by atoms with Gasteiger partial charge in [-0.1, -0.05) is 12.1 Å². The van der Waals surface area contributed by atoms with Crippen molar-refractivity contribution < 1.29 is 8.42 Å². The van der Waals surface area contributed by atoms with E-state index in [0.717, 1.165) is 34.6 Å². The highest BCUT2D eigenvalue weighted by Gasteiger charge is 2.10. The molecule has 140 valence electrons. The minimum absolute atomic E-state index is 0.114. The third-order valence-electron chi connectivity index (χ3n) is 4.27. The monoisotopic (exact) mass is 383 g/mol. The number of nitrogens with one attached hydrogen (secondary N) is 1. The number of aromatic nitrogens is 3. The van der Waals surface area contributed by atoms with E-state index in [1.54, 1.807) is 24.5 Å². The summed E-state index contributed by atoms with van der Waals surface area (Å²) in [4.78, 5) is 13.4. The van der Waals surface area contributed by atoms with Gasteiger partial charge >= 0.3 is 0 Å². The van der Waals surface area contributed by atoms with Gasteiger partial charge in [0.05, 0.1) is 4.90 Å². The van der Waals surface area contributed by atoms with Gasteiger partial charge in [0.15, 0.2) is 5.82 Å². The zero-order chi connectivity index (χ0) is 19.4. The van der Waals surface area contributed by atoms with Gasteiger partial charge in [0.1, 0.15) is 5.82 Å². The number of anilines is 1. The Morgan fingerprint density at radius 1 is 1.07 bits per heavy atom. The molecule has 0 amide bonds. The van der Waals surface area contributed by atoms with Crippen molar-refractivity contribution >= 4 is 15.8 Å². The van der Waals surface area contributed by atoms with Crippen molar-refractivity contribution in [3.63, 3.8) is 0 Å². The molecule has 8 heteroatoms. The fraction of sp³-hybridized carbons (Fsp3) is 0.211. The maximum absolute atomic E-state index is 11.3. The van der Waals surface area contributed by atoms with Crippen LogP contribution in [0.15, 0.2) is 53.7 Å². The van der Waals surface area contributed by atoms with Crippen molar-refractivity contribution in [3.8, 4) is 11.4 Å². The molecule has 3 N–H and O–H groups in total. The molecule has 0 saturated carbocycles. The average molecular weight is 383 g/mol. The average Bonchev–Trinajstić information content (AvgIpc) is 2.65. The van der Waals surface area contributed by atoms with E-state index in [4.69, 9.17) is 5.14 Å². The number of rotatable bonds is 6. The summed E-state index contributed by atoms with van der Waals surface area (Å²) < 4.78 is 22.6. The van der Waals surface area contributed by atoms with Crippen LogP contribution in [-0.4, -0.2) is 29.9 Å². The van der Waals surface area contributed by atoms with E-state index in [0.29, 0.717) is 12.4 Å². The topological polar surface area (TPSA) is 111 Å². The Hall–Kier alpha value is -2.84. The maximum atomic E-state index is 11.3. The number of nitrogens with zero attached hydrogens (tertiary/aromatic N) is 3. The Bertz CT molecular complexity index is 1040. The lowest BCUT2D eigenvalue weighted by Gasteiger charge is -2.12. The predicted molar refractivity (Wildman–Crippen MR) is 105 cm³/mol. The van der Waals surface area contributed by atoms with Gasteiger partial charge in [-0.2, -0.15) is 0 Å². The Morgan fingerprint density at radius 2 is 1.81 bits per heavy atom. The Kier molecular flexibility index (Phi) is 5.48. The van der Waals surface area contributed by atoms with E-state index in [1.807, 2.05) is 26.0 Å². The molecule has 7 nitrogen and oxygen atoms in total. The van der Waals surface area contributed by atoms with E-state index in [1.165, 1.54) is 12.1 Å². The molecular formula is C19H21N5O2S. The summed E-state index contributed by atoms with van der Waals surface area (Å²) in [5.74, 6) is 1.41. The summed E-state index contributed by atoms with van der Waals surface area (Å²) in [5, 5.41) is 8.46. The second-order valence-corrected chi connectivity index (χ2v) is 7.78. The highest BCUT2D eigenvalue weighted by atomic mass is 32.2. The van der Waals surface area contributed by atoms with Gasteiger partial charge in [-0.15, -0.1) is 0 Å². The molecule has 0 saturated heterocycles. The second-order valence-electron chi connectivity index (χ2n) is 6.21. The third-order valence-corrected chi connectivity index (χ3v) is 5.20. The van der Waals surface area contributed by atoms with E-state index in [2.05, 4.69) is 20.3 Å². The molecule has 0 atom stereocenters. The Labute approximate surface area is 158 Å². The van der Waals surface area contributed by atoms with Crippen molar-refractivity contribution in [1.29, 1.82) is 0 Å². The molecule has 0 fully saturated rings. The van der Waals surface area contributed by atoms with Gasteiger partial charge in [-0.3, -0.25) is 4.98 Å². The lowest BCUT2D eigenvalue weighted by atomic mass is 10.1. The molecule has 27 heavy (non-hydrogen) atoms. The summed E-state index contributed by atoms with van der Waals surface area (Å²) in [6.07, 6.45) is 4.17. The quantitative estimate of drug-likeness (QED) is 0.676. The van der Waals surface area contributed by atoms with E-state index in [-0.39, 0.29) is 4.90 Å². The molecule has 0 spiro atoms. The Morgan fingerprint density at radius 3 is 2.44 bits per heavy atom. The summed E-state index contributed by atoms with van der Waals surface area (Å²) in [7, 11) is -3.66. The van der Waals surface area contributed by atoms with Crippen molar-refractivity contribution in [1.82, 2.24) is 15.0 Å². The molecule has 0 radical (unpaired) electrons. The molecule has 3 rings (SSSR count). The molecule has 2 aromatic heterocycles. The second kappa shape index (κ2) is 7.81. The molecule has 0 unspecified atom stereocenters. The van der Waals surface area contributed by atoms with Crippen LogP contribution >= 0.6 is 0 Å². The smallest absolute Gasteiger partial charge is 0.238 e. The molecule has 0 aliphatic heterocycles. The number of aryl methyl sites for hydroxylation is 1. The molecule has 0 bridgehead atoms. The van der Waals surface area contributed by atoms with Gasteiger partial charge in [0, 0.05) is 35.8 Å². The van der Waals surface area contributed by atoms with Crippen molar-refractivity contribution in [2.24, 2.45) is 5.14 Å². The summed E-state index contributed by atoms with van der Waals surface area (Å²) in [6.45, 7) is 4.58. The summed E-state index contributed by atoms with van der Waals surface area (Å²) in [5.41, 5.74) is 3.77. The molecular weight excluding hydrogens is 362 g/mol. The van der Waals surface area contributed by atoms with Crippen LogP contribution in [0.5, 0.6) is 0 Å². The predicted octanol–water partition coefficient (Wildman–Crippen LogP) is 2.46. The zero-order valence-corrected chi connectivity index (χ0v) is 16.0. The van der Waals surface area contributed by atoms with Crippen molar-refractivity contribution in [2.45, 2.75) is 25.2 Å². The number of nitrogens with two attached hydrogens (primary N) is 1. The number of pyridine rings is 1. The van der Waals surface area contributed by atoms with Crippen LogP contribution in [0.1, 0.15) is 16.8 Å². The van der Waals surface area contributed by atoms with Gasteiger partial charge < -0.3 is 5.32 Å². The number of sulfonamides is 1. The zero-order valence-electron chi connectivity index (χ0n) is 15.2. The first kappa shape index (κ1) is 18.9. The minimum atomic E-state index is -3.66. The number of hydrogen-bond donors (Lipinski definition) is 2. The van der Waals surface area contributed by atoms with Crippen LogP contribution in [-0.2, 0) is 16.4 Å². The maximum Gasteiger partial charge on any atom is 0.238 e. The minimum Gasteiger partial charge on any atom is -0.369 e. The van der Waals surface area contributed by atoms with Crippen LogP contribution < -0.4 is 10.5 Å². The standard InChI is InChI=1S/C19H21N5O2S/c1-13-14(2)23-19(16-4-3-10-21-12-16)24-18(13)22-11-9-15-5-7-17(8-6-15)27(20,25)26/h3-8,10,12H,9,11H2,1-2H3,(H2,20,25,26)(H,22,23,24). The van der Waals surface area contributed by atoms with E-state index >= 15 is 0 Å². The highest BCUT2D eigenvalue weighted by molar-refractivity contribution is 7.89. The number of hydrogen-bond acceptors (Lipinski definition) is 6. The first-order valence-corrected chi connectivity index (χ1v) is 10.0. The normalized spacial score (nSPS) is 11.4. The van der Waals surface area contributed by atoms with Gasteiger partial charge in [-0.25, -0.2) is 23.5 Å². The molecule has 2 heterocycles. The molecule has 3 aromatic rings. The largest absolute Gasteiger partial charge is 0.369 e. The summed E-state index contributed by atoms with van der Waals surface area (Å²) >= 11 is 0. The van der Waals surface area contributed by atoms with Gasteiger partial charge in [0.2, 0.25) is 10.0 Å². The summed E-state index contributed by atoms with van der Waals surface area (Å²) in [6, 6.07) is 10.3. The fourth-order valence-electron chi connectivity index (χ4n) is 2.60. The fourth-order valence-corrected chi connectivity index (χ4v) is 3.11. The third kappa shape index (κ3) is 4.66. The van der Waals surface area contributed by atoms with Crippen LogP contribution in [0.25, 0.3) is 11.4 Å². The first-order valence-electron chi connectivity index (χ1n) is 8.46. The first-order chi connectivity index (χ1) is 12.8. The Balaban J connectivity index is 1.71. The van der Waals surface area contributed by atoms with Crippen molar-refractivity contribution in [2.75, 3.05) is 11.9 Å². The highest BCUT2D eigenvalue weighted by Crippen LogP contribution is 2.21. The van der Waals surface area contributed by atoms with Crippen LogP contribution in [0.4, 0.5) is 5.82 Å². The lowest BCUT2D eigenvalue weighted by Crippen LogP contribution is -2.12. The molecule has 0 aliphatic carbocycles. The van der Waals surface area contributed by atoms with Gasteiger partial charge in [-0.05, 0) is 50.1 Å². The molecule has 1 aromatic carbocycles. The van der Waals surface area contributed by atoms with Crippen molar-refractivity contribution in [3.05, 3.63) is 65.6 Å². The molecule has 0 aliphatic rings. The lowest BCUT2D eigenvalue weighted by molar-refractivity contribution is 0.598. The number of primary sulfonamides is 1. The van der Waals surface area contributed by atoms with Crippen LogP contribution in [0.2, 0.25) is 0 Å². The SMILES string of the molecule is Cc1nc(-c2cccnc2)nc(NCCc2ccc(S(N)(=O)=O)cc2)c1C.